The minimum atomic E-state index is -4.46. The van der Waals surface area contributed by atoms with Gasteiger partial charge in [-0.15, -0.1) is 0 Å². The van der Waals surface area contributed by atoms with Crippen LogP contribution in [0.25, 0.3) is 27.5 Å². The zero-order chi connectivity index (χ0) is 17.1. The van der Waals surface area contributed by atoms with Gasteiger partial charge in [-0.1, -0.05) is 0 Å². The van der Waals surface area contributed by atoms with Gasteiger partial charge in [-0.2, -0.15) is 13.2 Å². The Bertz CT molecular complexity index is 1160. The second-order valence-corrected chi connectivity index (χ2v) is 5.47. The summed E-state index contributed by atoms with van der Waals surface area (Å²) in [6, 6.07) is 10.1. The monoisotopic (exact) mass is 332 g/mol. The fourth-order valence-electron chi connectivity index (χ4n) is 2.93. The van der Waals surface area contributed by atoms with Crippen molar-refractivity contribution < 1.29 is 17.9 Å². The quantitative estimate of drug-likeness (QED) is 0.573. The molecule has 0 radical (unpaired) electrons. The van der Waals surface area contributed by atoms with Crippen molar-refractivity contribution in [3.05, 3.63) is 58.4 Å². The lowest BCUT2D eigenvalue weighted by Crippen LogP contribution is -2.11. The van der Waals surface area contributed by atoms with Crippen molar-refractivity contribution in [3.8, 4) is 5.75 Å². The summed E-state index contributed by atoms with van der Waals surface area (Å²) in [6.45, 7) is 0. The Kier molecular flexibility index (Phi) is 2.90. The van der Waals surface area contributed by atoms with Crippen molar-refractivity contribution >= 4 is 27.5 Å². The van der Waals surface area contributed by atoms with Crippen molar-refractivity contribution in [1.29, 1.82) is 0 Å². The Morgan fingerprint density at radius 1 is 1.00 bits per heavy atom. The molecular formula is C17H11F3N2O2. The predicted octanol–water partition coefficient (Wildman–Crippen LogP) is 3.96. The Morgan fingerprint density at radius 2 is 1.79 bits per heavy atom. The summed E-state index contributed by atoms with van der Waals surface area (Å²) in [7, 11) is 1.52. The number of alkyl halides is 3. The van der Waals surface area contributed by atoms with Gasteiger partial charge in [0.25, 0.3) is 5.56 Å². The number of hydrogen-bond acceptors (Lipinski definition) is 2. The predicted molar refractivity (Wildman–Crippen MR) is 84.6 cm³/mol. The molecule has 0 fully saturated rings. The van der Waals surface area contributed by atoms with Gasteiger partial charge in [0.05, 0.1) is 29.2 Å². The van der Waals surface area contributed by atoms with Crippen molar-refractivity contribution in [2.24, 2.45) is 0 Å². The third-order valence-corrected chi connectivity index (χ3v) is 4.06. The standard InChI is InChI=1S/C17H11F3N2O2/c1-24-11-3-5-13-9(6-11)7-15-16(23)21-12-4-2-10(17(18,19)20)8-14(12)22(13)15/h2-8H,1H3,(H,21,23). The second-order valence-electron chi connectivity index (χ2n) is 5.47. The average Bonchev–Trinajstić information content (AvgIpc) is 2.93. The van der Waals surface area contributed by atoms with Gasteiger partial charge in [0.1, 0.15) is 11.3 Å². The lowest BCUT2D eigenvalue weighted by Gasteiger charge is -2.10. The molecule has 4 aromatic rings. The number of rotatable bonds is 1. The van der Waals surface area contributed by atoms with Gasteiger partial charge < -0.3 is 14.1 Å². The van der Waals surface area contributed by atoms with Crippen LogP contribution in [0.5, 0.6) is 5.75 Å². The van der Waals surface area contributed by atoms with E-state index >= 15 is 0 Å². The molecule has 0 bridgehead atoms. The molecule has 4 nitrogen and oxygen atoms in total. The highest BCUT2D eigenvalue weighted by Crippen LogP contribution is 2.32. The van der Waals surface area contributed by atoms with Crippen LogP contribution in [0.2, 0.25) is 0 Å². The van der Waals surface area contributed by atoms with E-state index in [9.17, 15) is 18.0 Å². The van der Waals surface area contributed by atoms with Crippen LogP contribution in [-0.4, -0.2) is 16.5 Å². The number of hydrogen-bond donors (Lipinski definition) is 1. The third-order valence-electron chi connectivity index (χ3n) is 4.06. The van der Waals surface area contributed by atoms with E-state index in [0.717, 1.165) is 12.1 Å². The minimum Gasteiger partial charge on any atom is -0.497 e. The zero-order valence-electron chi connectivity index (χ0n) is 12.4. The summed E-state index contributed by atoms with van der Waals surface area (Å²) in [6.07, 6.45) is -4.46. The molecular weight excluding hydrogens is 321 g/mol. The van der Waals surface area contributed by atoms with Crippen LogP contribution in [-0.2, 0) is 6.18 Å². The fourth-order valence-corrected chi connectivity index (χ4v) is 2.93. The molecule has 0 amide bonds. The van der Waals surface area contributed by atoms with Gasteiger partial charge in [-0.25, -0.2) is 0 Å². The molecule has 0 atom stereocenters. The zero-order valence-corrected chi connectivity index (χ0v) is 12.4. The van der Waals surface area contributed by atoms with Gasteiger partial charge >= 0.3 is 6.18 Å². The number of fused-ring (bicyclic) bond motifs is 5. The van der Waals surface area contributed by atoms with E-state index in [-0.39, 0.29) is 11.1 Å². The maximum atomic E-state index is 13.0. The highest BCUT2D eigenvalue weighted by molar-refractivity contribution is 5.93. The molecule has 2 heterocycles. The molecule has 0 aliphatic carbocycles. The SMILES string of the molecule is COc1ccc2c(c1)cc1c(=O)[nH]c3ccc(C(F)(F)F)cc3n12. The summed E-state index contributed by atoms with van der Waals surface area (Å²) in [5.41, 5.74) is 0.427. The largest absolute Gasteiger partial charge is 0.497 e. The van der Waals surface area contributed by atoms with Crippen LogP contribution in [0, 0.1) is 0 Å². The summed E-state index contributed by atoms with van der Waals surface area (Å²) < 4.78 is 45.8. The first-order valence-corrected chi connectivity index (χ1v) is 7.11. The molecule has 0 saturated carbocycles. The fraction of sp³-hybridized carbons (Fsp3) is 0.118. The summed E-state index contributed by atoms with van der Waals surface area (Å²) >= 11 is 0. The Hall–Kier alpha value is -2.96. The number of halogens is 3. The van der Waals surface area contributed by atoms with Crippen molar-refractivity contribution in [2.75, 3.05) is 7.11 Å². The molecule has 0 spiro atoms. The van der Waals surface area contributed by atoms with Crippen molar-refractivity contribution in [1.82, 2.24) is 9.38 Å². The lowest BCUT2D eigenvalue weighted by molar-refractivity contribution is -0.137. The average molecular weight is 332 g/mol. The molecule has 122 valence electrons. The van der Waals surface area contributed by atoms with Gasteiger partial charge in [0.15, 0.2) is 0 Å². The van der Waals surface area contributed by atoms with E-state index in [4.69, 9.17) is 4.74 Å². The van der Waals surface area contributed by atoms with E-state index in [2.05, 4.69) is 4.98 Å². The number of nitrogens with zero attached hydrogens (tertiary/aromatic N) is 1. The Morgan fingerprint density at radius 3 is 2.50 bits per heavy atom. The highest BCUT2D eigenvalue weighted by Gasteiger charge is 2.30. The van der Waals surface area contributed by atoms with Gasteiger partial charge in [-0.05, 0) is 42.5 Å². The lowest BCUT2D eigenvalue weighted by atomic mass is 10.2. The third kappa shape index (κ3) is 2.05. The first kappa shape index (κ1) is 14.6. The van der Waals surface area contributed by atoms with Crippen LogP contribution in [0.1, 0.15) is 5.56 Å². The minimum absolute atomic E-state index is 0.282. The molecule has 2 aromatic heterocycles. The topological polar surface area (TPSA) is 46.5 Å². The van der Waals surface area contributed by atoms with Gasteiger partial charge in [-0.3, -0.25) is 4.79 Å². The number of aromatic amines is 1. The van der Waals surface area contributed by atoms with Crippen LogP contribution in [0.4, 0.5) is 13.2 Å². The number of H-pyrrole nitrogens is 1. The van der Waals surface area contributed by atoms with Crippen LogP contribution in [0.3, 0.4) is 0 Å². The number of nitrogens with one attached hydrogen (secondary N) is 1. The first-order chi connectivity index (χ1) is 11.4. The molecule has 0 saturated heterocycles. The molecule has 7 heteroatoms. The molecule has 4 rings (SSSR count). The normalized spacial score (nSPS) is 12.3. The van der Waals surface area contributed by atoms with E-state index in [0.29, 0.717) is 27.7 Å². The molecule has 0 aliphatic heterocycles. The smallest absolute Gasteiger partial charge is 0.416 e. The molecule has 24 heavy (non-hydrogen) atoms. The van der Waals surface area contributed by atoms with E-state index in [1.807, 2.05) is 0 Å². The van der Waals surface area contributed by atoms with Gasteiger partial charge in [0.2, 0.25) is 0 Å². The maximum Gasteiger partial charge on any atom is 0.416 e. The molecule has 1 N–H and O–H groups in total. The van der Waals surface area contributed by atoms with E-state index in [1.165, 1.54) is 17.6 Å². The van der Waals surface area contributed by atoms with E-state index in [1.54, 1.807) is 24.3 Å². The Labute approximate surface area is 133 Å². The van der Waals surface area contributed by atoms with Crippen LogP contribution >= 0.6 is 0 Å². The van der Waals surface area contributed by atoms with Crippen LogP contribution < -0.4 is 10.3 Å². The summed E-state index contributed by atoms with van der Waals surface area (Å²) in [4.78, 5) is 14.9. The van der Waals surface area contributed by atoms with Gasteiger partial charge in [0, 0.05) is 5.39 Å². The first-order valence-electron chi connectivity index (χ1n) is 7.11. The number of methoxy groups -OCH3 is 1. The van der Waals surface area contributed by atoms with E-state index < -0.39 is 11.7 Å². The number of aromatic nitrogens is 2. The van der Waals surface area contributed by atoms with Crippen molar-refractivity contribution in [3.63, 3.8) is 0 Å². The maximum absolute atomic E-state index is 13.0. The molecule has 0 aliphatic rings. The number of ether oxygens (including phenoxy) is 1. The summed E-state index contributed by atoms with van der Waals surface area (Å²) in [5, 5.41) is 0.713. The second kappa shape index (κ2) is 4.77. The Balaban J connectivity index is 2.20. The summed E-state index contributed by atoms with van der Waals surface area (Å²) in [5.74, 6) is 0.607. The molecule has 2 aromatic carbocycles. The van der Waals surface area contributed by atoms with Crippen molar-refractivity contribution in [2.45, 2.75) is 6.18 Å². The number of benzene rings is 2. The molecule has 0 unspecified atom stereocenters. The van der Waals surface area contributed by atoms with Crippen LogP contribution in [0.15, 0.2) is 47.3 Å². The highest BCUT2D eigenvalue weighted by atomic mass is 19.4.